The Balaban J connectivity index is 1.52. The number of amides is 1. The van der Waals surface area contributed by atoms with Crippen LogP contribution >= 0.6 is 0 Å². The van der Waals surface area contributed by atoms with E-state index in [1.54, 1.807) is 37.0 Å². The summed E-state index contributed by atoms with van der Waals surface area (Å²) in [4.78, 5) is 15.5. The predicted octanol–water partition coefficient (Wildman–Crippen LogP) is 2.81. The lowest BCUT2D eigenvalue weighted by atomic mass is 10.1. The van der Waals surface area contributed by atoms with Crippen LogP contribution in [-0.2, 0) is 7.05 Å². The maximum atomic E-state index is 14.5. The van der Waals surface area contributed by atoms with Crippen molar-refractivity contribution in [3.63, 3.8) is 0 Å². The lowest BCUT2D eigenvalue weighted by molar-refractivity contribution is 0.102. The summed E-state index contributed by atoms with van der Waals surface area (Å²) in [6, 6.07) is 9.12. The number of nitrogens with zero attached hydrogens (tertiary/aromatic N) is 5. The molecule has 1 aliphatic heterocycles. The van der Waals surface area contributed by atoms with Gasteiger partial charge in [-0.15, -0.1) is 5.10 Å². The van der Waals surface area contributed by atoms with Crippen LogP contribution in [0.15, 0.2) is 36.5 Å². The average molecular weight is 452 g/mol. The molecule has 172 valence electrons. The highest BCUT2D eigenvalue weighted by Crippen LogP contribution is 2.29. The molecule has 0 radical (unpaired) electrons. The van der Waals surface area contributed by atoms with E-state index in [1.807, 2.05) is 12.1 Å². The van der Waals surface area contributed by atoms with Crippen LogP contribution in [0.2, 0.25) is 0 Å². The first-order valence-electron chi connectivity index (χ1n) is 10.8. The maximum absolute atomic E-state index is 14.5. The van der Waals surface area contributed by atoms with Crippen molar-refractivity contribution in [2.75, 3.05) is 30.4 Å². The van der Waals surface area contributed by atoms with Gasteiger partial charge in [0.15, 0.2) is 5.82 Å². The standard InChI is InChI=1S/C23H26FN7O2/c1-13-10-30(11-14(2)25-13)18-5-6-19(31-20(18)9-21(27-31)33-4)23(32)26-16-7-15-12-29(3)28-22(15)17(24)8-16/h5-9,12-14,25H,10-11H2,1-4H3,(H,26,32)/t13-,14-/m0/s1. The van der Waals surface area contributed by atoms with Crippen molar-refractivity contribution in [1.82, 2.24) is 24.7 Å². The SMILES string of the molecule is COc1cc2c(N3C[C@H](C)N[C@@H](C)C3)ccc(C(=O)Nc3cc(F)c4nn(C)cc4c3)n2n1. The highest BCUT2D eigenvalue weighted by molar-refractivity contribution is 6.05. The van der Waals surface area contributed by atoms with Crippen LogP contribution < -0.4 is 20.3 Å². The Morgan fingerprint density at radius 3 is 2.67 bits per heavy atom. The van der Waals surface area contributed by atoms with Gasteiger partial charge in [0.2, 0.25) is 5.88 Å². The molecule has 0 bridgehead atoms. The number of carbonyl (C=O) groups is 1. The highest BCUT2D eigenvalue weighted by atomic mass is 19.1. The zero-order valence-electron chi connectivity index (χ0n) is 19.0. The molecule has 0 unspecified atom stereocenters. The minimum atomic E-state index is -0.494. The molecule has 10 heteroatoms. The molecule has 5 rings (SSSR count). The summed E-state index contributed by atoms with van der Waals surface area (Å²) in [5, 5.41) is 15.5. The maximum Gasteiger partial charge on any atom is 0.274 e. The summed E-state index contributed by atoms with van der Waals surface area (Å²) in [7, 11) is 3.27. The molecule has 3 aromatic heterocycles. The number of hydrogen-bond donors (Lipinski definition) is 2. The van der Waals surface area contributed by atoms with Crippen molar-refractivity contribution >= 4 is 33.7 Å². The van der Waals surface area contributed by atoms with E-state index in [1.165, 1.54) is 10.7 Å². The fraction of sp³-hybridized carbons (Fsp3) is 0.348. The van der Waals surface area contributed by atoms with Crippen LogP contribution in [0.1, 0.15) is 24.3 Å². The van der Waals surface area contributed by atoms with Gasteiger partial charge in [0.05, 0.1) is 18.3 Å². The molecule has 4 heterocycles. The van der Waals surface area contributed by atoms with E-state index in [0.717, 1.165) is 24.3 Å². The van der Waals surface area contributed by atoms with E-state index < -0.39 is 11.7 Å². The Hall–Kier alpha value is -3.66. The van der Waals surface area contributed by atoms with Gasteiger partial charge in [0.25, 0.3) is 5.91 Å². The van der Waals surface area contributed by atoms with Crippen LogP contribution in [0, 0.1) is 5.82 Å². The van der Waals surface area contributed by atoms with Gasteiger partial charge in [0.1, 0.15) is 11.2 Å². The summed E-state index contributed by atoms with van der Waals surface area (Å²) in [5.74, 6) is -0.482. The smallest absolute Gasteiger partial charge is 0.274 e. The van der Waals surface area contributed by atoms with Gasteiger partial charge >= 0.3 is 0 Å². The van der Waals surface area contributed by atoms with Crippen LogP contribution in [0.25, 0.3) is 16.4 Å². The van der Waals surface area contributed by atoms with Crippen LogP contribution in [0.5, 0.6) is 5.88 Å². The lowest BCUT2D eigenvalue weighted by Gasteiger charge is -2.38. The molecule has 0 aliphatic carbocycles. The number of carbonyl (C=O) groups excluding carboxylic acids is 1. The number of pyridine rings is 1. The van der Waals surface area contributed by atoms with Crippen molar-refractivity contribution in [3.8, 4) is 5.88 Å². The first-order valence-corrected chi connectivity index (χ1v) is 10.8. The molecule has 1 saturated heterocycles. The third-order valence-corrected chi connectivity index (χ3v) is 5.85. The van der Waals surface area contributed by atoms with E-state index in [9.17, 15) is 9.18 Å². The molecule has 9 nitrogen and oxygen atoms in total. The van der Waals surface area contributed by atoms with Crippen LogP contribution in [0.4, 0.5) is 15.8 Å². The molecule has 1 aliphatic rings. The molecule has 0 saturated carbocycles. The predicted molar refractivity (Wildman–Crippen MR) is 125 cm³/mol. The monoisotopic (exact) mass is 451 g/mol. The molecule has 4 aromatic rings. The van der Waals surface area contributed by atoms with E-state index >= 15 is 0 Å². The Morgan fingerprint density at radius 1 is 1.18 bits per heavy atom. The molecule has 2 atom stereocenters. The average Bonchev–Trinajstić information content (AvgIpc) is 3.35. The second-order valence-corrected chi connectivity index (χ2v) is 8.61. The van der Waals surface area contributed by atoms with E-state index in [0.29, 0.717) is 34.7 Å². The van der Waals surface area contributed by atoms with Crippen LogP contribution in [-0.4, -0.2) is 57.6 Å². The first-order chi connectivity index (χ1) is 15.8. The number of ether oxygens (including phenoxy) is 1. The zero-order chi connectivity index (χ0) is 23.3. The zero-order valence-corrected chi connectivity index (χ0v) is 19.0. The number of halogens is 1. The van der Waals surface area contributed by atoms with E-state index in [2.05, 4.69) is 39.6 Å². The van der Waals surface area contributed by atoms with Crippen LogP contribution in [0.3, 0.4) is 0 Å². The van der Waals surface area contributed by atoms with Crippen molar-refractivity contribution in [1.29, 1.82) is 0 Å². The van der Waals surface area contributed by atoms with Gasteiger partial charge in [-0.25, -0.2) is 8.91 Å². The van der Waals surface area contributed by atoms with Gasteiger partial charge in [-0.05, 0) is 38.1 Å². The lowest BCUT2D eigenvalue weighted by Crippen LogP contribution is -2.54. The fourth-order valence-electron chi connectivity index (χ4n) is 4.58. The minimum absolute atomic E-state index is 0.263. The minimum Gasteiger partial charge on any atom is -0.480 e. The summed E-state index contributed by atoms with van der Waals surface area (Å²) in [6.45, 7) is 5.97. The third-order valence-electron chi connectivity index (χ3n) is 5.85. The molecule has 1 amide bonds. The van der Waals surface area contributed by atoms with E-state index in [4.69, 9.17) is 4.74 Å². The summed E-state index contributed by atoms with van der Waals surface area (Å²) >= 11 is 0. The molecular formula is C23H26FN7O2. The Kier molecular flexibility index (Phi) is 5.16. The Morgan fingerprint density at radius 2 is 1.94 bits per heavy atom. The number of methoxy groups -OCH3 is 1. The molecule has 33 heavy (non-hydrogen) atoms. The largest absolute Gasteiger partial charge is 0.480 e. The fourth-order valence-corrected chi connectivity index (χ4v) is 4.58. The van der Waals surface area contributed by atoms with Crippen molar-refractivity contribution in [2.45, 2.75) is 25.9 Å². The first kappa shape index (κ1) is 21.2. The van der Waals surface area contributed by atoms with Gasteiger partial charge in [-0.1, -0.05) is 0 Å². The number of aryl methyl sites for hydroxylation is 1. The van der Waals surface area contributed by atoms with Gasteiger partial charge < -0.3 is 20.3 Å². The van der Waals surface area contributed by atoms with Gasteiger partial charge in [-0.3, -0.25) is 9.48 Å². The Bertz CT molecular complexity index is 1350. The number of nitrogens with one attached hydrogen (secondary N) is 2. The number of rotatable bonds is 4. The normalized spacial score (nSPS) is 18.8. The number of anilines is 2. The second kappa shape index (κ2) is 8.04. The Labute approximate surface area is 190 Å². The highest BCUT2D eigenvalue weighted by Gasteiger charge is 2.25. The summed E-state index contributed by atoms with van der Waals surface area (Å²) < 4.78 is 22.9. The number of piperazine rings is 1. The topological polar surface area (TPSA) is 88.7 Å². The second-order valence-electron chi connectivity index (χ2n) is 8.61. The quantitative estimate of drug-likeness (QED) is 0.496. The number of hydrogen-bond acceptors (Lipinski definition) is 6. The molecule has 2 N–H and O–H groups in total. The molecular weight excluding hydrogens is 425 g/mol. The van der Waals surface area contributed by atoms with Crippen molar-refractivity contribution in [2.24, 2.45) is 7.05 Å². The summed E-state index contributed by atoms with van der Waals surface area (Å²) in [6.07, 6.45) is 1.70. The number of fused-ring (bicyclic) bond motifs is 2. The van der Waals surface area contributed by atoms with E-state index in [-0.39, 0.29) is 5.52 Å². The van der Waals surface area contributed by atoms with Gasteiger partial charge in [-0.2, -0.15) is 5.10 Å². The molecule has 0 spiro atoms. The summed E-state index contributed by atoms with van der Waals surface area (Å²) in [5.41, 5.74) is 2.68. The number of aromatic nitrogens is 4. The molecule has 1 fully saturated rings. The van der Waals surface area contributed by atoms with Crippen molar-refractivity contribution in [3.05, 3.63) is 48.0 Å². The third kappa shape index (κ3) is 3.86. The molecule has 1 aromatic carbocycles. The van der Waals surface area contributed by atoms with Gasteiger partial charge in [0, 0.05) is 55.6 Å². The van der Waals surface area contributed by atoms with Crippen molar-refractivity contribution < 1.29 is 13.9 Å². The number of benzene rings is 1.